The second-order valence-electron chi connectivity index (χ2n) is 1.47. The molecule has 2 atom stereocenters. The van der Waals surface area contributed by atoms with Crippen LogP contribution in [0.3, 0.4) is 0 Å². The maximum atomic E-state index is 11.0. The van der Waals surface area contributed by atoms with E-state index in [0.717, 1.165) is 0 Å². The summed E-state index contributed by atoms with van der Waals surface area (Å²) in [6, 6.07) is 0. The van der Waals surface area contributed by atoms with E-state index in [1.807, 2.05) is 0 Å². The van der Waals surface area contributed by atoms with Gasteiger partial charge in [0, 0.05) is 13.3 Å². The zero-order chi connectivity index (χ0) is 8.20. The molecule has 0 radical (unpaired) electrons. The fourth-order valence-electron chi connectivity index (χ4n) is 0.350. The molecule has 0 aliphatic rings. The van der Waals surface area contributed by atoms with Crippen LogP contribution in [0.25, 0.3) is 0 Å². The summed E-state index contributed by atoms with van der Waals surface area (Å²) < 4.78 is 29.6. The predicted octanol–water partition coefficient (Wildman–Crippen LogP) is 1.24. The lowest BCUT2D eigenvalue weighted by Gasteiger charge is -2.10. The Kier molecular flexibility index (Phi) is 4.41. The molecule has 0 aliphatic carbocycles. The van der Waals surface area contributed by atoms with Gasteiger partial charge in [0.2, 0.25) is 0 Å². The zero-order valence-electron chi connectivity index (χ0n) is 5.73. The minimum Gasteiger partial charge on any atom is -0.326 e. The molecule has 0 aromatic rings. The molecule has 1 N–H and O–H groups in total. The van der Waals surface area contributed by atoms with Crippen LogP contribution >= 0.6 is 15.9 Å². The van der Waals surface area contributed by atoms with Gasteiger partial charge < -0.3 is 9.42 Å². The summed E-state index contributed by atoms with van der Waals surface area (Å²) in [7, 11) is -5.23. The topological polar surface area (TPSA) is 72.8 Å². The molecule has 0 rings (SSSR count). The molecule has 7 heteroatoms. The molecule has 0 aromatic heterocycles. The summed E-state index contributed by atoms with van der Waals surface area (Å²) in [5, 5.41) is 0. The van der Waals surface area contributed by atoms with Crippen LogP contribution in [0.2, 0.25) is 0 Å². The summed E-state index contributed by atoms with van der Waals surface area (Å²) in [6.45, 7) is 1.55. The molecule has 0 spiro atoms. The van der Waals surface area contributed by atoms with E-state index in [-0.39, 0.29) is 6.16 Å². The van der Waals surface area contributed by atoms with Gasteiger partial charge in [0.15, 0.2) is 0 Å². The van der Waals surface area contributed by atoms with Gasteiger partial charge in [-0.15, -0.1) is 0 Å². The molecule has 0 aliphatic heterocycles. The van der Waals surface area contributed by atoms with Crippen molar-refractivity contribution in [3.63, 3.8) is 0 Å². The average molecular weight is 188 g/mol. The van der Waals surface area contributed by atoms with E-state index >= 15 is 0 Å². The Morgan fingerprint density at radius 3 is 2.30 bits per heavy atom. The first-order valence-electron chi connectivity index (χ1n) is 2.61. The van der Waals surface area contributed by atoms with Crippen molar-refractivity contribution in [2.24, 2.45) is 0 Å². The highest BCUT2D eigenvalue weighted by molar-refractivity contribution is 7.60. The molecule has 10 heavy (non-hydrogen) atoms. The number of hydrogen-bond acceptors (Lipinski definition) is 4. The van der Waals surface area contributed by atoms with Gasteiger partial charge in [0.05, 0.1) is 0 Å². The minimum atomic E-state index is -3.25. The van der Waals surface area contributed by atoms with Crippen LogP contribution in [0.5, 0.6) is 0 Å². The zero-order valence-corrected chi connectivity index (χ0v) is 7.63. The van der Waals surface area contributed by atoms with Crippen molar-refractivity contribution >= 4 is 15.9 Å². The van der Waals surface area contributed by atoms with Gasteiger partial charge >= 0.3 is 15.9 Å². The first-order valence-corrected chi connectivity index (χ1v) is 5.60. The highest BCUT2D eigenvalue weighted by Crippen LogP contribution is 2.53. The molecule has 0 amide bonds. The fraction of sp³-hybridized carbons (Fsp3) is 1.00. The Hall–Kier alpha value is 0.340. The normalized spacial score (nSPS) is 19.9. The van der Waals surface area contributed by atoms with Crippen LogP contribution in [0.1, 0.15) is 6.92 Å². The largest absolute Gasteiger partial charge is 0.337 e. The predicted molar refractivity (Wildman–Crippen MR) is 37.5 cm³/mol. The van der Waals surface area contributed by atoms with Crippen LogP contribution in [0.15, 0.2) is 0 Å². The number of hydrogen-bond donors (Lipinski definition) is 1. The van der Waals surface area contributed by atoms with Crippen molar-refractivity contribution < 1.29 is 22.9 Å². The highest BCUT2D eigenvalue weighted by Gasteiger charge is 2.21. The third-order valence-corrected chi connectivity index (χ3v) is 3.95. The monoisotopic (exact) mass is 188 g/mol. The maximum Gasteiger partial charge on any atom is 0.337 e. The number of rotatable bonds is 4. The Bertz CT molecular complexity index is 158. The van der Waals surface area contributed by atoms with Crippen LogP contribution in [0, 0.1) is 0 Å². The van der Waals surface area contributed by atoms with E-state index in [0.29, 0.717) is 0 Å². The molecule has 0 heterocycles. The molecule has 0 fully saturated rings. The molecular weight excluding hydrogens is 178 g/mol. The van der Waals surface area contributed by atoms with Crippen LogP contribution < -0.4 is 0 Å². The van der Waals surface area contributed by atoms with Crippen molar-refractivity contribution in [1.29, 1.82) is 0 Å². The lowest BCUT2D eigenvalue weighted by atomic mass is 11.0. The summed E-state index contributed by atoms with van der Waals surface area (Å²) in [6.07, 6.45) is 0.0977. The Morgan fingerprint density at radius 2 is 2.20 bits per heavy atom. The fourth-order valence-corrected chi connectivity index (χ4v) is 2.37. The standard InChI is InChI=1S/C3H10O5P2/c1-3-10(6,7-2)8-9(4)5/h9H,3H2,1-2H3,(H,4,5). The molecule has 0 aromatic carbocycles. The van der Waals surface area contributed by atoms with Gasteiger partial charge in [-0.25, -0.2) is 4.31 Å². The molecule has 5 nitrogen and oxygen atoms in total. The van der Waals surface area contributed by atoms with Crippen molar-refractivity contribution in [1.82, 2.24) is 0 Å². The van der Waals surface area contributed by atoms with Crippen LogP contribution in [-0.2, 0) is 18.0 Å². The van der Waals surface area contributed by atoms with Gasteiger partial charge in [-0.1, -0.05) is 6.92 Å². The van der Waals surface area contributed by atoms with Gasteiger partial charge in [0.1, 0.15) is 0 Å². The maximum absolute atomic E-state index is 11.0. The molecule has 0 saturated heterocycles. The molecule has 0 saturated carbocycles. The van der Waals surface area contributed by atoms with E-state index in [9.17, 15) is 9.13 Å². The summed E-state index contributed by atoms with van der Waals surface area (Å²) in [5.74, 6) is 0. The average Bonchev–Trinajstić information content (AvgIpc) is 1.87. The molecular formula is C3H10O5P2. The Balaban J connectivity index is 4.07. The van der Waals surface area contributed by atoms with Gasteiger partial charge in [-0.3, -0.25) is 9.13 Å². The van der Waals surface area contributed by atoms with Gasteiger partial charge in [-0.2, -0.15) is 0 Å². The third kappa shape index (κ3) is 3.49. The van der Waals surface area contributed by atoms with Crippen LogP contribution in [0.4, 0.5) is 0 Å². The molecule has 62 valence electrons. The first kappa shape index (κ1) is 10.3. The lowest BCUT2D eigenvalue weighted by Crippen LogP contribution is -1.88. The van der Waals surface area contributed by atoms with Gasteiger partial charge in [0.25, 0.3) is 0 Å². The molecule has 2 unspecified atom stereocenters. The van der Waals surface area contributed by atoms with E-state index < -0.39 is 15.9 Å². The summed E-state index contributed by atoms with van der Waals surface area (Å²) >= 11 is 0. The van der Waals surface area contributed by atoms with E-state index in [2.05, 4.69) is 8.83 Å². The second-order valence-corrected chi connectivity index (χ2v) is 4.95. The van der Waals surface area contributed by atoms with E-state index in [1.165, 1.54) is 7.11 Å². The summed E-state index contributed by atoms with van der Waals surface area (Å²) in [4.78, 5) is 8.22. The van der Waals surface area contributed by atoms with Crippen LogP contribution in [-0.4, -0.2) is 18.2 Å². The lowest BCUT2D eigenvalue weighted by molar-refractivity contribution is 0.309. The first-order chi connectivity index (χ1) is 4.54. The minimum absolute atomic E-state index is 0.0977. The third-order valence-electron chi connectivity index (χ3n) is 0.883. The smallest absolute Gasteiger partial charge is 0.326 e. The van der Waals surface area contributed by atoms with Crippen molar-refractivity contribution in [2.75, 3.05) is 13.3 Å². The van der Waals surface area contributed by atoms with Gasteiger partial charge in [-0.05, 0) is 0 Å². The quantitative estimate of drug-likeness (QED) is 0.672. The molecule has 0 bridgehead atoms. The van der Waals surface area contributed by atoms with E-state index in [1.54, 1.807) is 6.92 Å². The highest BCUT2D eigenvalue weighted by atomic mass is 31.2. The Morgan fingerprint density at radius 1 is 1.70 bits per heavy atom. The Labute approximate surface area is 59.8 Å². The second kappa shape index (κ2) is 4.27. The summed E-state index contributed by atoms with van der Waals surface area (Å²) in [5.41, 5.74) is 0. The van der Waals surface area contributed by atoms with Crippen molar-refractivity contribution in [3.05, 3.63) is 0 Å². The van der Waals surface area contributed by atoms with Crippen molar-refractivity contribution in [2.45, 2.75) is 6.92 Å². The SMILES string of the molecule is CCP(=O)(OC)O[PH](=O)O. The van der Waals surface area contributed by atoms with E-state index in [4.69, 9.17) is 4.89 Å². The van der Waals surface area contributed by atoms with Crippen molar-refractivity contribution in [3.8, 4) is 0 Å².